The zero-order valence-electron chi connectivity index (χ0n) is 12.1. The number of nitrogens with one attached hydrogen (secondary N) is 1. The first-order valence-electron chi connectivity index (χ1n) is 7.28. The molecule has 0 atom stereocenters. The maximum absolute atomic E-state index is 12.0. The zero-order valence-corrected chi connectivity index (χ0v) is 12.1. The van der Waals surface area contributed by atoms with Gasteiger partial charge in [0.1, 0.15) is 11.6 Å². The van der Waals surface area contributed by atoms with Gasteiger partial charge in [0.15, 0.2) is 0 Å². The Balaban J connectivity index is 1.83. The van der Waals surface area contributed by atoms with Gasteiger partial charge >= 0.3 is 0 Å². The van der Waals surface area contributed by atoms with Crippen LogP contribution in [0.25, 0.3) is 22.4 Å². The van der Waals surface area contributed by atoms with E-state index in [4.69, 9.17) is 0 Å². The highest BCUT2D eigenvalue weighted by Crippen LogP contribution is 2.33. The van der Waals surface area contributed by atoms with Crippen molar-refractivity contribution >= 4 is 22.6 Å². The lowest BCUT2D eigenvalue weighted by atomic mass is 10.1. The third-order valence-electron chi connectivity index (χ3n) is 4.07. The quantitative estimate of drug-likeness (QED) is 0.763. The summed E-state index contributed by atoms with van der Waals surface area (Å²) in [6.07, 6.45) is 0.451. The van der Waals surface area contributed by atoms with Crippen LogP contribution >= 0.6 is 0 Å². The van der Waals surface area contributed by atoms with Crippen molar-refractivity contribution in [3.05, 3.63) is 42.0 Å². The molecule has 22 heavy (non-hydrogen) atoms. The second-order valence-electron chi connectivity index (χ2n) is 5.45. The molecule has 2 heterocycles. The van der Waals surface area contributed by atoms with E-state index < -0.39 is 0 Å². The van der Waals surface area contributed by atoms with Crippen molar-refractivity contribution in [2.45, 2.75) is 13.3 Å². The molecule has 0 bridgehead atoms. The highest BCUT2D eigenvalue weighted by Gasteiger charge is 2.26. The topological polar surface area (TPSA) is 69.2 Å². The van der Waals surface area contributed by atoms with E-state index in [0.29, 0.717) is 13.0 Å². The molecule has 1 aliphatic heterocycles. The molecule has 0 spiro atoms. The van der Waals surface area contributed by atoms with Crippen LogP contribution in [0.5, 0.6) is 5.75 Å². The smallest absolute Gasteiger partial charge is 0.231 e. The van der Waals surface area contributed by atoms with Crippen molar-refractivity contribution in [3.63, 3.8) is 0 Å². The summed E-state index contributed by atoms with van der Waals surface area (Å²) in [6.45, 7) is 2.65. The molecule has 0 aliphatic carbocycles. The molecule has 110 valence electrons. The van der Waals surface area contributed by atoms with Crippen LogP contribution in [0, 0.1) is 0 Å². The van der Waals surface area contributed by atoms with E-state index in [1.54, 1.807) is 17.0 Å². The van der Waals surface area contributed by atoms with E-state index in [0.717, 1.165) is 33.7 Å². The summed E-state index contributed by atoms with van der Waals surface area (Å²) in [5.41, 5.74) is 4.68. The standard InChI is InChI=1S/C17H15N3O2/c1-2-20-15-9-14-13(7-11(15)8-16(20)22)18-17(19-14)10-3-5-12(21)6-4-10/h3-7,9,21H,2,8H2,1H3,(H,18,19). The molecule has 4 rings (SSSR count). The van der Waals surface area contributed by atoms with E-state index in [-0.39, 0.29) is 11.7 Å². The predicted molar refractivity (Wildman–Crippen MR) is 84.9 cm³/mol. The lowest BCUT2D eigenvalue weighted by Gasteiger charge is -2.14. The fraction of sp³-hybridized carbons (Fsp3) is 0.176. The third-order valence-corrected chi connectivity index (χ3v) is 4.07. The van der Waals surface area contributed by atoms with Crippen LogP contribution in [0.2, 0.25) is 0 Å². The highest BCUT2D eigenvalue weighted by atomic mass is 16.3. The molecule has 0 saturated carbocycles. The number of hydrogen-bond acceptors (Lipinski definition) is 3. The van der Waals surface area contributed by atoms with E-state index in [2.05, 4.69) is 9.97 Å². The second kappa shape index (κ2) is 4.59. The Morgan fingerprint density at radius 3 is 2.77 bits per heavy atom. The molecular weight excluding hydrogens is 278 g/mol. The summed E-state index contributed by atoms with van der Waals surface area (Å²) in [6, 6.07) is 10.9. The Hall–Kier alpha value is -2.82. The maximum atomic E-state index is 12.0. The Morgan fingerprint density at radius 2 is 2.05 bits per heavy atom. The van der Waals surface area contributed by atoms with Crippen LogP contribution < -0.4 is 4.90 Å². The van der Waals surface area contributed by atoms with Gasteiger partial charge in [-0.15, -0.1) is 0 Å². The molecule has 1 aromatic heterocycles. The number of aromatic nitrogens is 2. The Bertz CT molecular complexity index is 881. The monoisotopic (exact) mass is 293 g/mol. The number of nitrogens with zero attached hydrogens (tertiary/aromatic N) is 2. The molecule has 0 saturated heterocycles. The minimum Gasteiger partial charge on any atom is -0.508 e. The number of aromatic amines is 1. The number of anilines is 1. The number of amides is 1. The first-order valence-corrected chi connectivity index (χ1v) is 7.28. The van der Waals surface area contributed by atoms with E-state index in [9.17, 15) is 9.90 Å². The van der Waals surface area contributed by atoms with E-state index >= 15 is 0 Å². The van der Waals surface area contributed by atoms with Gasteiger partial charge in [0, 0.05) is 17.8 Å². The van der Waals surface area contributed by atoms with Gasteiger partial charge in [-0.05, 0) is 48.9 Å². The number of likely N-dealkylation sites (N-methyl/N-ethyl adjacent to an activating group) is 1. The van der Waals surface area contributed by atoms with Crippen LogP contribution in [-0.4, -0.2) is 27.5 Å². The maximum Gasteiger partial charge on any atom is 0.231 e. The fourth-order valence-corrected chi connectivity index (χ4v) is 2.98. The highest BCUT2D eigenvalue weighted by molar-refractivity contribution is 6.04. The normalized spacial score (nSPS) is 13.9. The summed E-state index contributed by atoms with van der Waals surface area (Å²) in [4.78, 5) is 21.6. The molecule has 3 aromatic rings. The molecule has 0 fully saturated rings. The molecule has 1 aliphatic rings. The zero-order chi connectivity index (χ0) is 15.3. The number of imidazole rings is 1. The summed E-state index contributed by atoms with van der Waals surface area (Å²) >= 11 is 0. The number of hydrogen-bond donors (Lipinski definition) is 2. The molecule has 1 amide bonds. The van der Waals surface area contributed by atoms with Crippen molar-refractivity contribution in [2.75, 3.05) is 11.4 Å². The van der Waals surface area contributed by atoms with Crippen molar-refractivity contribution in [2.24, 2.45) is 0 Å². The lowest BCUT2D eigenvalue weighted by molar-refractivity contribution is -0.117. The summed E-state index contributed by atoms with van der Waals surface area (Å²) in [5.74, 6) is 1.13. The molecule has 0 radical (unpaired) electrons. The minimum absolute atomic E-state index is 0.143. The average molecular weight is 293 g/mol. The first kappa shape index (κ1) is 12.9. The fourth-order valence-electron chi connectivity index (χ4n) is 2.98. The van der Waals surface area contributed by atoms with Gasteiger partial charge in [-0.3, -0.25) is 4.79 Å². The van der Waals surface area contributed by atoms with Gasteiger partial charge in [-0.1, -0.05) is 0 Å². The van der Waals surface area contributed by atoms with E-state index in [1.807, 2.05) is 31.2 Å². The van der Waals surface area contributed by atoms with Crippen LogP contribution in [0.4, 0.5) is 5.69 Å². The molecule has 2 N–H and O–H groups in total. The number of H-pyrrole nitrogens is 1. The van der Waals surface area contributed by atoms with Crippen molar-refractivity contribution in [1.82, 2.24) is 9.97 Å². The summed E-state index contributed by atoms with van der Waals surface area (Å²) < 4.78 is 0. The van der Waals surface area contributed by atoms with Gasteiger partial charge in [0.25, 0.3) is 0 Å². The molecule has 5 heteroatoms. The number of carbonyl (C=O) groups excluding carboxylic acids is 1. The lowest BCUT2D eigenvalue weighted by Crippen LogP contribution is -2.25. The SMILES string of the molecule is CCN1C(=O)Cc2cc3[nH]c(-c4ccc(O)cc4)nc3cc21. The van der Waals surface area contributed by atoms with Gasteiger partial charge < -0.3 is 15.0 Å². The van der Waals surface area contributed by atoms with E-state index in [1.165, 1.54) is 0 Å². The Labute approximate surface area is 127 Å². The number of carbonyl (C=O) groups is 1. The minimum atomic E-state index is 0.143. The summed E-state index contributed by atoms with van der Waals surface area (Å²) in [5, 5.41) is 9.37. The molecule has 2 aromatic carbocycles. The van der Waals surface area contributed by atoms with Crippen LogP contribution in [-0.2, 0) is 11.2 Å². The molecule has 5 nitrogen and oxygen atoms in total. The molecule has 0 unspecified atom stereocenters. The third kappa shape index (κ3) is 1.86. The Morgan fingerprint density at radius 1 is 1.27 bits per heavy atom. The van der Waals surface area contributed by atoms with Gasteiger partial charge in [-0.2, -0.15) is 0 Å². The number of fused-ring (bicyclic) bond motifs is 2. The van der Waals surface area contributed by atoms with Gasteiger partial charge in [0.2, 0.25) is 5.91 Å². The number of phenolic OH excluding ortho intramolecular Hbond substituents is 1. The number of benzene rings is 2. The van der Waals surface area contributed by atoms with Gasteiger partial charge in [-0.25, -0.2) is 4.98 Å². The van der Waals surface area contributed by atoms with Gasteiger partial charge in [0.05, 0.1) is 17.5 Å². The van der Waals surface area contributed by atoms with Crippen LogP contribution in [0.3, 0.4) is 0 Å². The predicted octanol–water partition coefficient (Wildman–Crippen LogP) is 2.84. The Kier molecular flexibility index (Phi) is 2.69. The van der Waals surface area contributed by atoms with Crippen molar-refractivity contribution in [1.29, 1.82) is 0 Å². The number of phenols is 1. The number of rotatable bonds is 2. The van der Waals surface area contributed by atoms with Crippen molar-refractivity contribution in [3.8, 4) is 17.1 Å². The molecular formula is C17H15N3O2. The van der Waals surface area contributed by atoms with Crippen LogP contribution in [0.1, 0.15) is 12.5 Å². The second-order valence-corrected chi connectivity index (χ2v) is 5.45. The first-order chi connectivity index (χ1) is 10.7. The average Bonchev–Trinajstić information content (AvgIpc) is 3.04. The summed E-state index contributed by atoms with van der Waals surface area (Å²) in [7, 11) is 0. The van der Waals surface area contributed by atoms with Crippen molar-refractivity contribution < 1.29 is 9.90 Å². The number of aromatic hydroxyl groups is 1. The van der Waals surface area contributed by atoms with Crippen LogP contribution in [0.15, 0.2) is 36.4 Å². The largest absolute Gasteiger partial charge is 0.508 e.